The first kappa shape index (κ1) is 13.7. The third kappa shape index (κ3) is 3.84. The highest BCUT2D eigenvalue weighted by atomic mass is 127. The number of nitrogens with zero attached hydrogens (tertiary/aromatic N) is 1. The molecule has 1 nitrogen and oxygen atoms in total. The van der Waals surface area contributed by atoms with E-state index in [1.165, 1.54) is 34.7 Å². The summed E-state index contributed by atoms with van der Waals surface area (Å²) in [5.41, 5.74) is 0. The van der Waals surface area contributed by atoms with Crippen LogP contribution in [0.3, 0.4) is 0 Å². The minimum Gasteiger partial charge on any atom is -1.00 e. The van der Waals surface area contributed by atoms with Crippen LogP contribution in [0.1, 0.15) is 11.3 Å². The second kappa shape index (κ2) is 5.80. The molecule has 0 spiro atoms. The first-order valence-electron chi connectivity index (χ1n) is 4.91. The van der Waals surface area contributed by atoms with Crippen LogP contribution < -0.4 is 24.0 Å². The zero-order valence-electron chi connectivity index (χ0n) is 8.75. The summed E-state index contributed by atoms with van der Waals surface area (Å²) in [6.07, 6.45) is 5.83. The topological polar surface area (TPSA) is 0 Å². The Morgan fingerprint density at radius 2 is 2.20 bits per heavy atom. The summed E-state index contributed by atoms with van der Waals surface area (Å²) in [5.74, 6) is 0. The monoisotopic (exact) mass is 399 g/mol. The van der Waals surface area contributed by atoms with Gasteiger partial charge in [0, 0.05) is 6.42 Å². The van der Waals surface area contributed by atoms with Gasteiger partial charge in [-0.25, -0.2) is 0 Å². The van der Waals surface area contributed by atoms with E-state index >= 15 is 0 Å². The van der Waals surface area contributed by atoms with Gasteiger partial charge in [-0.1, -0.05) is 6.08 Å². The summed E-state index contributed by atoms with van der Waals surface area (Å²) in [6.45, 7) is 3.61. The standard InChI is InChI=1S/C11H15BrNS.HI/c1-13(7-3-2-4-8-13)9-10-5-6-11(12)14-10;/h2-3,5-6H,4,7-9H2,1H3;1H/q+1;/p-1. The van der Waals surface area contributed by atoms with Crippen LogP contribution in [0.4, 0.5) is 0 Å². The van der Waals surface area contributed by atoms with Gasteiger partial charge >= 0.3 is 0 Å². The molecule has 0 bridgehead atoms. The van der Waals surface area contributed by atoms with E-state index in [4.69, 9.17) is 0 Å². The summed E-state index contributed by atoms with van der Waals surface area (Å²) < 4.78 is 2.40. The maximum absolute atomic E-state index is 3.51. The van der Waals surface area contributed by atoms with Crippen molar-refractivity contribution < 1.29 is 28.5 Å². The van der Waals surface area contributed by atoms with Crippen molar-refractivity contribution in [3.63, 3.8) is 0 Å². The van der Waals surface area contributed by atoms with Gasteiger partial charge in [-0.05, 0) is 34.1 Å². The maximum atomic E-state index is 3.51. The van der Waals surface area contributed by atoms with Gasteiger partial charge in [-0.2, -0.15) is 0 Å². The number of hydrogen-bond donors (Lipinski definition) is 0. The van der Waals surface area contributed by atoms with Crippen molar-refractivity contribution in [2.75, 3.05) is 20.1 Å². The SMILES string of the molecule is C[N+]1(Cc2ccc(Br)s2)CC=CCC1.[I-]. The Morgan fingerprint density at radius 3 is 2.73 bits per heavy atom. The third-order valence-corrected chi connectivity index (χ3v) is 4.32. The van der Waals surface area contributed by atoms with Gasteiger partial charge in [-0.3, -0.25) is 0 Å². The van der Waals surface area contributed by atoms with Gasteiger partial charge in [0.15, 0.2) is 0 Å². The first-order valence-corrected chi connectivity index (χ1v) is 6.52. The summed E-state index contributed by atoms with van der Waals surface area (Å²) in [7, 11) is 2.34. The van der Waals surface area contributed by atoms with Gasteiger partial charge < -0.3 is 28.5 Å². The summed E-state index contributed by atoms with van der Waals surface area (Å²) in [5, 5.41) is 0. The molecule has 1 aromatic rings. The smallest absolute Gasteiger partial charge is 0.114 e. The molecule has 2 rings (SSSR count). The number of rotatable bonds is 2. The third-order valence-electron chi connectivity index (χ3n) is 2.71. The van der Waals surface area contributed by atoms with Crippen LogP contribution in [-0.4, -0.2) is 24.6 Å². The molecule has 15 heavy (non-hydrogen) atoms. The fraction of sp³-hybridized carbons (Fsp3) is 0.455. The van der Waals surface area contributed by atoms with E-state index in [0.29, 0.717) is 0 Å². The highest BCUT2D eigenvalue weighted by Gasteiger charge is 2.22. The van der Waals surface area contributed by atoms with Crippen molar-refractivity contribution >= 4 is 27.3 Å². The highest BCUT2D eigenvalue weighted by Crippen LogP contribution is 2.26. The lowest BCUT2D eigenvalue weighted by Gasteiger charge is -2.34. The van der Waals surface area contributed by atoms with Gasteiger partial charge in [0.25, 0.3) is 0 Å². The second-order valence-electron chi connectivity index (χ2n) is 4.15. The lowest BCUT2D eigenvalue weighted by Crippen LogP contribution is -3.00. The Labute approximate surface area is 121 Å². The van der Waals surface area contributed by atoms with Crippen LogP contribution in [0.5, 0.6) is 0 Å². The van der Waals surface area contributed by atoms with Crippen molar-refractivity contribution in [3.05, 3.63) is 32.9 Å². The van der Waals surface area contributed by atoms with Crippen LogP contribution >= 0.6 is 27.3 Å². The number of quaternary nitrogens is 1. The number of halogens is 2. The lowest BCUT2D eigenvalue weighted by molar-refractivity contribution is -0.917. The minimum absolute atomic E-state index is 0. The molecule has 1 atom stereocenters. The first-order chi connectivity index (χ1) is 6.68. The average molecular weight is 400 g/mol. The van der Waals surface area contributed by atoms with Crippen molar-refractivity contribution in [1.29, 1.82) is 0 Å². The Balaban J connectivity index is 0.00000112. The quantitative estimate of drug-likeness (QED) is 0.384. The molecule has 0 fully saturated rings. The highest BCUT2D eigenvalue weighted by molar-refractivity contribution is 9.11. The molecule has 1 aliphatic heterocycles. The second-order valence-corrected chi connectivity index (χ2v) is 6.70. The molecule has 0 saturated carbocycles. The van der Waals surface area contributed by atoms with Crippen LogP contribution in [-0.2, 0) is 6.54 Å². The normalized spacial score (nSPS) is 24.9. The zero-order chi connectivity index (χ0) is 10.0. The van der Waals surface area contributed by atoms with Crippen LogP contribution in [0.2, 0.25) is 0 Å². The van der Waals surface area contributed by atoms with E-state index in [2.05, 4.69) is 47.3 Å². The molecule has 0 N–H and O–H groups in total. The fourth-order valence-electron chi connectivity index (χ4n) is 1.88. The van der Waals surface area contributed by atoms with E-state index in [0.717, 1.165) is 4.48 Å². The minimum atomic E-state index is 0. The molecule has 0 aromatic carbocycles. The Hall–Kier alpha value is 0.610. The molecule has 84 valence electrons. The number of likely N-dealkylation sites (N-methyl/N-ethyl adjacent to an activating group) is 1. The Kier molecular flexibility index (Phi) is 5.28. The molecular formula is C11H15BrINS. The van der Waals surface area contributed by atoms with Gasteiger partial charge in [0.2, 0.25) is 0 Å². The molecule has 0 radical (unpaired) electrons. The van der Waals surface area contributed by atoms with Crippen LogP contribution in [0, 0.1) is 0 Å². The largest absolute Gasteiger partial charge is 1.00 e. The molecule has 0 saturated heterocycles. The fourth-order valence-corrected chi connectivity index (χ4v) is 3.54. The van der Waals surface area contributed by atoms with Gasteiger partial charge in [-0.15, -0.1) is 11.3 Å². The molecule has 4 heteroatoms. The molecular weight excluding hydrogens is 385 g/mol. The molecule has 1 aromatic heterocycles. The summed E-state index contributed by atoms with van der Waals surface area (Å²) >= 11 is 5.37. The van der Waals surface area contributed by atoms with E-state index in [1.54, 1.807) is 0 Å². The molecule has 1 unspecified atom stereocenters. The van der Waals surface area contributed by atoms with E-state index < -0.39 is 0 Å². The van der Waals surface area contributed by atoms with Crippen LogP contribution in [0.25, 0.3) is 0 Å². The molecule has 2 heterocycles. The Bertz CT molecular complexity index is 350. The van der Waals surface area contributed by atoms with Crippen molar-refractivity contribution in [1.82, 2.24) is 0 Å². The predicted octanol–water partition coefficient (Wildman–Crippen LogP) is 0.421. The van der Waals surface area contributed by atoms with Crippen molar-refractivity contribution in [3.8, 4) is 0 Å². The van der Waals surface area contributed by atoms with Gasteiger partial charge in [0.05, 0.1) is 28.8 Å². The number of thiophene rings is 1. The number of hydrogen-bond acceptors (Lipinski definition) is 1. The van der Waals surface area contributed by atoms with Crippen molar-refractivity contribution in [2.24, 2.45) is 0 Å². The Morgan fingerprint density at radius 1 is 1.40 bits per heavy atom. The average Bonchev–Trinajstić information content (AvgIpc) is 2.51. The van der Waals surface area contributed by atoms with Gasteiger partial charge in [0.1, 0.15) is 6.54 Å². The van der Waals surface area contributed by atoms with E-state index in [9.17, 15) is 0 Å². The summed E-state index contributed by atoms with van der Waals surface area (Å²) in [6, 6.07) is 4.38. The zero-order valence-corrected chi connectivity index (χ0v) is 13.3. The predicted molar refractivity (Wildman–Crippen MR) is 65.4 cm³/mol. The van der Waals surface area contributed by atoms with Crippen LogP contribution in [0.15, 0.2) is 28.1 Å². The van der Waals surface area contributed by atoms with E-state index in [-0.39, 0.29) is 24.0 Å². The lowest BCUT2D eigenvalue weighted by atomic mass is 10.2. The molecule has 0 amide bonds. The van der Waals surface area contributed by atoms with Crippen molar-refractivity contribution in [2.45, 2.75) is 13.0 Å². The molecule has 0 aliphatic carbocycles. The maximum Gasteiger partial charge on any atom is 0.114 e. The summed E-state index contributed by atoms with van der Waals surface area (Å²) in [4.78, 5) is 1.48. The van der Waals surface area contributed by atoms with E-state index in [1.807, 2.05) is 11.3 Å². The molecule has 1 aliphatic rings.